The Kier molecular flexibility index (Phi) is 4.60. The van der Waals surface area contributed by atoms with Gasteiger partial charge in [0.1, 0.15) is 0 Å². The van der Waals surface area contributed by atoms with Gasteiger partial charge in [-0.3, -0.25) is 0 Å². The zero-order valence-corrected chi connectivity index (χ0v) is 11.0. The van der Waals surface area contributed by atoms with Crippen molar-refractivity contribution in [1.82, 2.24) is 5.32 Å². The lowest BCUT2D eigenvalue weighted by molar-refractivity contribution is 0.360. The Hall–Kier alpha value is -1.53. The number of rotatable bonds is 4. The van der Waals surface area contributed by atoms with Crippen LogP contribution in [0.4, 0.5) is 5.69 Å². The molecule has 0 bridgehead atoms. The molecule has 1 aliphatic rings. The normalized spacial score (nSPS) is 19.2. The molecule has 3 nitrogen and oxygen atoms in total. The molecule has 96 valence electrons. The summed E-state index contributed by atoms with van der Waals surface area (Å²) in [7, 11) is 2.12. The first kappa shape index (κ1) is 12.9. The lowest BCUT2D eigenvalue weighted by atomic mass is 9.96. The van der Waals surface area contributed by atoms with E-state index in [0.717, 1.165) is 18.0 Å². The summed E-state index contributed by atoms with van der Waals surface area (Å²) in [6.45, 7) is 3.43. The zero-order valence-electron chi connectivity index (χ0n) is 11.0. The van der Waals surface area contributed by atoms with E-state index in [0.29, 0.717) is 0 Å². The fraction of sp³-hybridized carbons (Fsp3) is 0.533. The van der Waals surface area contributed by atoms with Crippen molar-refractivity contribution in [3.63, 3.8) is 0 Å². The zero-order chi connectivity index (χ0) is 12.8. The number of nitrogens with zero attached hydrogens (tertiary/aromatic N) is 2. The van der Waals surface area contributed by atoms with Crippen molar-refractivity contribution in [2.45, 2.75) is 19.3 Å². The number of nitrogens with one attached hydrogen (secondary N) is 1. The summed E-state index contributed by atoms with van der Waals surface area (Å²) in [6.07, 6.45) is 3.91. The summed E-state index contributed by atoms with van der Waals surface area (Å²) in [5, 5.41) is 12.2. The van der Waals surface area contributed by atoms with E-state index in [1.807, 2.05) is 24.3 Å². The van der Waals surface area contributed by atoms with Crippen LogP contribution in [0.2, 0.25) is 0 Å². The number of nitriles is 1. The van der Waals surface area contributed by atoms with Gasteiger partial charge in [0.15, 0.2) is 0 Å². The lowest BCUT2D eigenvalue weighted by Crippen LogP contribution is -2.32. The van der Waals surface area contributed by atoms with E-state index >= 15 is 0 Å². The average molecular weight is 243 g/mol. The van der Waals surface area contributed by atoms with Gasteiger partial charge >= 0.3 is 0 Å². The Balaban J connectivity index is 1.83. The van der Waals surface area contributed by atoms with Crippen molar-refractivity contribution in [3.8, 4) is 6.07 Å². The first-order valence-electron chi connectivity index (χ1n) is 6.71. The van der Waals surface area contributed by atoms with Gasteiger partial charge in [-0.1, -0.05) is 0 Å². The smallest absolute Gasteiger partial charge is 0.0991 e. The fourth-order valence-electron chi connectivity index (χ4n) is 2.47. The van der Waals surface area contributed by atoms with Crippen molar-refractivity contribution < 1.29 is 0 Å². The van der Waals surface area contributed by atoms with Crippen LogP contribution in [0.3, 0.4) is 0 Å². The van der Waals surface area contributed by atoms with Crippen molar-refractivity contribution in [3.05, 3.63) is 29.8 Å². The SMILES string of the molecule is CN(CCC1CCCNC1)c1ccc(C#N)cc1. The Bertz CT molecular complexity index is 399. The topological polar surface area (TPSA) is 39.1 Å². The Labute approximate surface area is 109 Å². The van der Waals surface area contributed by atoms with Crippen LogP contribution in [0.15, 0.2) is 24.3 Å². The highest BCUT2D eigenvalue weighted by Gasteiger charge is 2.13. The molecule has 1 aliphatic heterocycles. The largest absolute Gasteiger partial charge is 0.375 e. The second-order valence-electron chi connectivity index (χ2n) is 5.08. The molecule has 2 rings (SSSR count). The van der Waals surface area contributed by atoms with E-state index in [-0.39, 0.29) is 0 Å². The Morgan fingerprint density at radius 3 is 2.78 bits per heavy atom. The van der Waals surface area contributed by atoms with Crippen LogP contribution < -0.4 is 10.2 Å². The third-order valence-electron chi connectivity index (χ3n) is 3.71. The standard InChI is InChI=1S/C15H21N3/c1-18(10-8-14-3-2-9-17-12-14)15-6-4-13(11-16)5-7-15/h4-7,14,17H,2-3,8-10,12H2,1H3. The highest BCUT2D eigenvalue weighted by Crippen LogP contribution is 2.18. The van der Waals surface area contributed by atoms with Gasteiger partial charge in [-0.2, -0.15) is 5.26 Å². The molecule has 0 spiro atoms. The molecule has 0 amide bonds. The van der Waals surface area contributed by atoms with Gasteiger partial charge in [0, 0.05) is 19.3 Å². The molecule has 18 heavy (non-hydrogen) atoms. The van der Waals surface area contributed by atoms with Crippen molar-refractivity contribution in [2.75, 3.05) is 31.6 Å². The second-order valence-corrected chi connectivity index (χ2v) is 5.08. The molecule has 0 aliphatic carbocycles. The molecule has 1 saturated heterocycles. The number of piperidine rings is 1. The molecule has 1 aromatic carbocycles. The molecule has 0 saturated carbocycles. The molecule has 1 heterocycles. The number of anilines is 1. The van der Waals surface area contributed by atoms with Gasteiger partial charge < -0.3 is 10.2 Å². The minimum Gasteiger partial charge on any atom is -0.375 e. The van der Waals surface area contributed by atoms with Crippen molar-refractivity contribution in [1.29, 1.82) is 5.26 Å². The quantitative estimate of drug-likeness (QED) is 0.882. The highest BCUT2D eigenvalue weighted by atomic mass is 15.1. The number of hydrogen-bond acceptors (Lipinski definition) is 3. The minimum absolute atomic E-state index is 0.726. The van der Waals surface area contributed by atoms with E-state index in [1.54, 1.807) is 0 Å². The lowest BCUT2D eigenvalue weighted by Gasteiger charge is -2.26. The third-order valence-corrected chi connectivity index (χ3v) is 3.71. The summed E-state index contributed by atoms with van der Waals surface area (Å²) in [6, 6.07) is 9.97. The maximum absolute atomic E-state index is 8.77. The molecule has 1 aromatic rings. The molecular weight excluding hydrogens is 222 g/mol. The molecule has 1 fully saturated rings. The van der Waals surface area contributed by atoms with Crippen LogP contribution in [0.5, 0.6) is 0 Å². The first-order chi connectivity index (χ1) is 8.79. The van der Waals surface area contributed by atoms with Crippen LogP contribution >= 0.6 is 0 Å². The number of benzene rings is 1. The molecule has 3 heteroatoms. The van der Waals surface area contributed by atoms with Gasteiger partial charge in [-0.25, -0.2) is 0 Å². The minimum atomic E-state index is 0.726. The third kappa shape index (κ3) is 3.48. The van der Waals surface area contributed by atoms with Crippen LogP contribution in [0, 0.1) is 17.2 Å². The summed E-state index contributed by atoms with van der Waals surface area (Å²) >= 11 is 0. The summed E-state index contributed by atoms with van der Waals surface area (Å²) in [5.74, 6) is 0.819. The molecule has 0 radical (unpaired) electrons. The predicted octanol–water partition coefficient (Wildman–Crippen LogP) is 2.38. The maximum Gasteiger partial charge on any atom is 0.0991 e. The Morgan fingerprint density at radius 1 is 1.39 bits per heavy atom. The van der Waals surface area contributed by atoms with Crippen LogP contribution in [0.25, 0.3) is 0 Å². The summed E-state index contributed by atoms with van der Waals surface area (Å²) in [4.78, 5) is 2.27. The van der Waals surface area contributed by atoms with Gasteiger partial charge in [-0.05, 0) is 62.5 Å². The van der Waals surface area contributed by atoms with Crippen molar-refractivity contribution >= 4 is 5.69 Å². The molecule has 1 unspecified atom stereocenters. The highest BCUT2D eigenvalue weighted by molar-refractivity contribution is 5.48. The Morgan fingerprint density at radius 2 is 2.17 bits per heavy atom. The monoisotopic (exact) mass is 243 g/mol. The molecule has 1 atom stereocenters. The van der Waals surface area contributed by atoms with Gasteiger partial charge in [0.05, 0.1) is 11.6 Å². The van der Waals surface area contributed by atoms with Crippen molar-refractivity contribution in [2.24, 2.45) is 5.92 Å². The van der Waals surface area contributed by atoms with Crippen LogP contribution in [-0.4, -0.2) is 26.7 Å². The van der Waals surface area contributed by atoms with Crippen LogP contribution in [-0.2, 0) is 0 Å². The summed E-state index contributed by atoms with van der Waals surface area (Å²) < 4.78 is 0. The maximum atomic E-state index is 8.77. The average Bonchev–Trinajstić information content (AvgIpc) is 2.46. The van der Waals surface area contributed by atoms with E-state index in [2.05, 4.69) is 23.3 Å². The number of hydrogen-bond donors (Lipinski definition) is 1. The van der Waals surface area contributed by atoms with E-state index in [9.17, 15) is 0 Å². The van der Waals surface area contributed by atoms with E-state index in [4.69, 9.17) is 5.26 Å². The molecule has 1 N–H and O–H groups in total. The molecular formula is C15H21N3. The van der Waals surface area contributed by atoms with Gasteiger partial charge in [-0.15, -0.1) is 0 Å². The predicted molar refractivity (Wildman–Crippen MR) is 74.6 cm³/mol. The van der Waals surface area contributed by atoms with E-state index in [1.165, 1.54) is 38.0 Å². The van der Waals surface area contributed by atoms with Crippen LogP contribution in [0.1, 0.15) is 24.8 Å². The fourth-order valence-corrected chi connectivity index (χ4v) is 2.47. The first-order valence-corrected chi connectivity index (χ1v) is 6.71. The summed E-state index contributed by atoms with van der Waals surface area (Å²) in [5.41, 5.74) is 1.92. The molecule has 0 aromatic heterocycles. The second kappa shape index (κ2) is 6.42. The van der Waals surface area contributed by atoms with Gasteiger partial charge in [0.25, 0.3) is 0 Å². The van der Waals surface area contributed by atoms with Gasteiger partial charge in [0.2, 0.25) is 0 Å². The van der Waals surface area contributed by atoms with E-state index < -0.39 is 0 Å².